The fourth-order valence-electron chi connectivity index (χ4n) is 3.99. The number of anilines is 2. The molecule has 1 aliphatic heterocycles. The topological polar surface area (TPSA) is 112 Å². The van der Waals surface area contributed by atoms with Gasteiger partial charge in [-0.2, -0.15) is 0 Å². The van der Waals surface area contributed by atoms with Crippen molar-refractivity contribution in [2.45, 2.75) is 45.7 Å². The number of carbonyl (C=O) groups excluding carboxylic acids is 2. The quantitative estimate of drug-likeness (QED) is 0.334. The molecule has 0 fully saturated rings. The van der Waals surface area contributed by atoms with Gasteiger partial charge in [-0.05, 0) is 68.3 Å². The molecule has 0 saturated heterocycles. The maximum Gasteiger partial charge on any atom is 0.335 e. The highest BCUT2D eigenvalue weighted by molar-refractivity contribution is 7.13. The summed E-state index contributed by atoms with van der Waals surface area (Å²) in [5.41, 5.74) is 2.67. The van der Waals surface area contributed by atoms with Crippen LogP contribution in [0.1, 0.15) is 56.6 Å². The zero-order chi connectivity index (χ0) is 25.8. The number of carboxylic acids is 1. The zero-order valence-corrected chi connectivity index (χ0v) is 22.8. The number of hydrogen-bond donors (Lipinski definition) is 3. The Labute approximate surface area is 230 Å². The molecule has 3 N–H and O–H groups in total. The molecular weight excluding hydrogens is 535 g/mol. The highest BCUT2D eigenvalue weighted by atomic mass is 35.5. The van der Waals surface area contributed by atoms with Gasteiger partial charge in [0.15, 0.2) is 5.01 Å². The van der Waals surface area contributed by atoms with Crippen LogP contribution in [0.4, 0.5) is 11.4 Å². The Balaban J connectivity index is 0.00000380. The molecule has 0 radical (unpaired) electrons. The molecule has 0 atom stereocenters. The number of aryl methyl sites for hydroxylation is 1. The first-order chi connectivity index (χ1) is 17.2. The summed E-state index contributed by atoms with van der Waals surface area (Å²) in [5, 5.41) is 16.0. The number of nitrogens with zero attached hydrogens (tertiary/aromatic N) is 2. The number of aromatic carboxylic acids is 1. The number of hydrogen-bond acceptors (Lipinski definition) is 6. The van der Waals surface area contributed by atoms with E-state index in [2.05, 4.69) is 34.4 Å². The minimum atomic E-state index is -1.08. The van der Waals surface area contributed by atoms with Crippen molar-refractivity contribution in [1.29, 1.82) is 0 Å². The van der Waals surface area contributed by atoms with Gasteiger partial charge in [-0.25, -0.2) is 9.78 Å². The van der Waals surface area contributed by atoms with Gasteiger partial charge in [0.05, 0.1) is 11.3 Å². The summed E-state index contributed by atoms with van der Waals surface area (Å²) in [7, 11) is 0. The highest BCUT2D eigenvalue weighted by Gasteiger charge is 2.24. The van der Waals surface area contributed by atoms with Crippen molar-refractivity contribution < 1.29 is 19.5 Å². The molecule has 0 bridgehead atoms. The molecule has 37 heavy (non-hydrogen) atoms. The Morgan fingerprint density at radius 3 is 2.54 bits per heavy atom. The Kier molecular flexibility index (Phi) is 9.67. The van der Waals surface area contributed by atoms with Gasteiger partial charge in [0.1, 0.15) is 0 Å². The Morgan fingerprint density at radius 1 is 1.14 bits per heavy atom. The smallest absolute Gasteiger partial charge is 0.335 e. The van der Waals surface area contributed by atoms with Crippen LogP contribution in [0.25, 0.3) is 0 Å². The second-order valence-electron chi connectivity index (χ2n) is 8.89. The maximum absolute atomic E-state index is 13.0. The van der Waals surface area contributed by atoms with Crippen LogP contribution in [0.5, 0.6) is 0 Å². The highest BCUT2D eigenvalue weighted by Crippen LogP contribution is 2.28. The summed E-state index contributed by atoms with van der Waals surface area (Å²) in [6.07, 6.45) is 1.15. The predicted molar refractivity (Wildman–Crippen MR) is 148 cm³/mol. The number of benzene rings is 2. The minimum absolute atomic E-state index is 0. The van der Waals surface area contributed by atoms with E-state index >= 15 is 0 Å². The van der Waals surface area contributed by atoms with E-state index in [4.69, 9.17) is 11.6 Å². The SMILES string of the molecule is CC(C)N1CCc2nc(C(=O)Nc3ccc(C(=O)O)cc3CCC(=O)Nc3ccc(Cl)cc3)sc2C1.Cl. The molecule has 1 aliphatic rings. The maximum atomic E-state index is 13.0. The molecule has 3 aromatic rings. The van der Waals surface area contributed by atoms with E-state index in [1.54, 1.807) is 30.3 Å². The monoisotopic (exact) mass is 562 g/mol. The minimum Gasteiger partial charge on any atom is -0.478 e. The third-order valence-corrected chi connectivity index (χ3v) is 7.37. The van der Waals surface area contributed by atoms with E-state index in [1.807, 2.05) is 0 Å². The first kappa shape index (κ1) is 28.6. The first-order valence-electron chi connectivity index (χ1n) is 11.6. The summed E-state index contributed by atoms with van der Waals surface area (Å²) in [5.74, 6) is -1.67. The fraction of sp³-hybridized carbons (Fsp3) is 0.308. The van der Waals surface area contributed by atoms with Crippen LogP contribution >= 0.6 is 35.3 Å². The van der Waals surface area contributed by atoms with E-state index in [0.29, 0.717) is 33.0 Å². The van der Waals surface area contributed by atoms with Gasteiger partial charge >= 0.3 is 5.97 Å². The van der Waals surface area contributed by atoms with Crippen LogP contribution in [0.15, 0.2) is 42.5 Å². The van der Waals surface area contributed by atoms with Crippen LogP contribution in [0.2, 0.25) is 5.02 Å². The summed E-state index contributed by atoms with van der Waals surface area (Å²) in [6.45, 7) is 5.99. The Morgan fingerprint density at radius 2 is 1.86 bits per heavy atom. The van der Waals surface area contributed by atoms with Crippen LogP contribution in [0, 0.1) is 0 Å². The van der Waals surface area contributed by atoms with Gasteiger partial charge in [0.2, 0.25) is 5.91 Å². The molecule has 11 heteroatoms. The number of rotatable bonds is 8. The van der Waals surface area contributed by atoms with Crippen LogP contribution in [0.3, 0.4) is 0 Å². The van der Waals surface area contributed by atoms with Crippen LogP contribution in [-0.2, 0) is 24.2 Å². The fourth-order valence-corrected chi connectivity index (χ4v) is 5.14. The van der Waals surface area contributed by atoms with Crippen molar-refractivity contribution in [3.8, 4) is 0 Å². The lowest BCUT2D eigenvalue weighted by molar-refractivity contribution is -0.116. The van der Waals surface area contributed by atoms with Crippen molar-refractivity contribution in [1.82, 2.24) is 9.88 Å². The van der Waals surface area contributed by atoms with E-state index < -0.39 is 5.97 Å². The number of carbonyl (C=O) groups is 3. The van der Waals surface area contributed by atoms with Crippen LogP contribution in [-0.4, -0.2) is 45.4 Å². The largest absolute Gasteiger partial charge is 0.478 e. The van der Waals surface area contributed by atoms with Gasteiger partial charge in [0.25, 0.3) is 5.91 Å². The molecule has 196 valence electrons. The summed E-state index contributed by atoms with van der Waals surface area (Å²) in [4.78, 5) is 45.0. The second-order valence-corrected chi connectivity index (χ2v) is 10.4. The lowest BCUT2D eigenvalue weighted by Gasteiger charge is -2.29. The number of carboxylic acid groups (broad SMARTS) is 1. The molecule has 0 aliphatic carbocycles. The second kappa shape index (κ2) is 12.5. The average molecular weight is 564 g/mol. The summed E-state index contributed by atoms with van der Waals surface area (Å²) in [6, 6.07) is 11.7. The standard InChI is InChI=1S/C26H27ClN4O4S.ClH/c1-15(2)31-12-11-21-22(14-31)36-25(30-21)24(33)29-20-9-3-17(26(34)35)13-16(20)4-10-23(32)28-19-7-5-18(27)6-8-19;/h3,5-9,13,15H,4,10-12,14H2,1-2H3,(H,28,32)(H,29,33)(H,34,35);1H. The first-order valence-corrected chi connectivity index (χ1v) is 12.8. The molecule has 0 saturated carbocycles. The molecule has 2 amide bonds. The van der Waals surface area contributed by atoms with E-state index in [1.165, 1.54) is 23.5 Å². The number of nitrogens with one attached hydrogen (secondary N) is 2. The zero-order valence-electron chi connectivity index (χ0n) is 20.4. The van der Waals surface area contributed by atoms with Crippen molar-refractivity contribution in [2.24, 2.45) is 0 Å². The third kappa shape index (κ3) is 7.29. The lowest BCUT2D eigenvalue weighted by Crippen LogP contribution is -2.35. The number of fused-ring (bicyclic) bond motifs is 1. The average Bonchev–Trinajstić information content (AvgIpc) is 3.28. The molecule has 2 heterocycles. The van der Waals surface area contributed by atoms with Crippen molar-refractivity contribution >= 4 is 64.5 Å². The third-order valence-electron chi connectivity index (χ3n) is 6.04. The van der Waals surface area contributed by atoms with E-state index in [0.717, 1.165) is 30.1 Å². The lowest BCUT2D eigenvalue weighted by atomic mass is 10.0. The molecule has 0 unspecified atom stereocenters. The van der Waals surface area contributed by atoms with E-state index in [-0.39, 0.29) is 42.6 Å². The van der Waals surface area contributed by atoms with Crippen molar-refractivity contribution in [2.75, 3.05) is 17.2 Å². The predicted octanol–water partition coefficient (Wildman–Crippen LogP) is 5.51. The van der Waals surface area contributed by atoms with Crippen LogP contribution < -0.4 is 10.6 Å². The summed E-state index contributed by atoms with van der Waals surface area (Å²) >= 11 is 7.27. The van der Waals surface area contributed by atoms with Gasteiger partial charge in [-0.15, -0.1) is 23.7 Å². The Hall–Kier alpha value is -2.98. The van der Waals surface area contributed by atoms with Gasteiger partial charge in [-0.1, -0.05) is 11.6 Å². The number of halogens is 2. The summed E-state index contributed by atoms with van der Waals surface area (Å²) < 4.78 is 0. The Bertz CT molecular complexity index is 1290. The molecule has 4 rings (SSSR count). The molecule has 2 aromatic carbocycles. The number of thiazole rings is 1. The van der Waals surface area contributed by atoms with Gasteiger partial charge in [0, 0.05) is 53.2 Å². The molecule has 8 nitrogen and oxygen atoms in total. The normalized spacial score (nSPS) is 13.0. The van der Waals surface area contributed by atoms with Gasteiger partial charge < -0.3 is 15.7 Å². The molecule has 0 spiro atoms. The van der Waals surface area contributed by atoms with Crippen molar-refractivity contribution in [3.63, 3.8) is 0 Å². The molecule has 1 aromatic heterocycles. The molecular formula is C26H28Cl2N4O4S. The number of amides is 2. The van der Waals surface area contributed by atoms with Crippen molar-refractivity contribution in [3.05, 3.63) is 74.2 Å². The van der Waals surface area contributed by atoms with Gasteiger partial charge in [-0.3, -0.25) is 14.5 Å². The van der Waals surface area contributed by atoms with E-state index in [9.17, 15) is 19.5 Å². The number of aromatic nitrogens is 1.